The highest BCUT2D eigenvalue weighted by Gasteiger charge is 2.07. The Kier molecular flexibility index (Phi) is 4.76. The van der Waals surface area contributed by atoms with Crippen LogP contribution in [0.15, 0.2) is 59.7 Å². The number of anilines is 1. The fourth-order valence-electron chi connectivity index (χ4n) is 2.27. The average Bonchev–Trinajstić information content (AvgIpc) is 2.53. The lowest BCUT2D eigenvalue weighted by molar-refractivity contribution is 1.32. The van der Waals surface area contributed by atoms with Gasteiger partial charge in [-0.3, -0.25) is 5.43 Å². The monoisotopic (exact) mass is 362 g/mol. The summed E-state index contributed by atoms with van der Waals surface area (Å²) in [6.45, 7) is 1.93. The first-order valence-corrected chi connectivity index (χ1v) is 8.12. The number of hydrazone groups is 1. The SMILES string of the molecule is C/C(=N\Nc1c(Cl)cc(Cl)cc1Cl)c1ccc2ccccc2c1. The second-order valence-corrected chi connectivity index (χ2v) is 6.37. The number of hydrogen-bond donors (Lipinski definition) is 1. The molecule has 0 aliphatic heterocycles. The maximum Gasteiger partial charge on any atom is 0.0935 e. The van der Waals surface area contributed by atoms with E-state index >= 15 is 0 Å². The smallest absolute Gasteiger partial charge is 0.0935 e. The standard InChI is InChI=1S/C18H13Cl3N2/c1-11(13-7-6-12-4-2-3-5-14(12)8-13)22-23-18-16(20)9-15(19)10-17(18)21/h2-10,23H,1H3/b22-11+. The molecule has 1 N–H and O–H groups in total. The Labute approximate surface area is 149 Å². The van der Waals surface area contributed by atoms with Crippen molar-refractivity contribution >= 4 is 57.0 Å². The summed E-state index contributed by atoms with van der Waals surface area (Å²) >= 11 is 18.2. The molecule has 23 heavy (non-hydrogen) atoms. The van der Waals surface area contributed by atoms with Crippen LogP contribution in [0, 0.1) is 0 Å². The largest absolute Gasteiger partial charge is 0.275 e. The highest BCUT2D eigenvalue weighted by molar-refractivity contribution is 6.41. The molecule has 0 aliphatic carbocycles. The van der Waals surface area contributed by atoms with Crippen LogP contribution < -0.4 is 5.43 Å². The summed E-state index contributed by atoms with van der Waals surface area (Å²) in [5.74, 6) is 0. The van der Waals surface area contributed by atoms with Crippen LogP contribution in [0.2, 0.25) is 15.1 Å². The molecule has 3 rings (SSSR count). The molecule has 0 radical (unpaired) electrons. The van der Waals surface area contributed by atoms with Gasteiger partial charge < -0.3 is 0 Å². The first-order chi connectivity index (χ1) is 11.0. The molecule has 0 bridgehead atoms. The second kappa shape index (κ2) is 6.79. The Balaban J connectivity index is 1.90. The van der Waals surface area contributed by atoms with E-state index in [0.717, 1.165) is 11.3 Å². The third-order valence-corrected chi connectivity index (χ3v) is 4.32. The van der Waals surface area contributed by atoms with Crippen molar-refractivity contribution in [2.75, 3.05) is 5.43 Å². The fourth-order valence-corrected chi connectivity index (χ4v) is 3.17. The zero-order chi connectivity index (χ0) is 16.4. The molecule has 0 fully saturated rings. The molecule has 116 valence electrons. The number of fused-ring (bicyclic) bond motifs is 1. The van der Waals surface area contributed by atoms with Gasteiger partial charge in [0.05, 0.1) is 21.4 Å². The Morgan fingerprint density at radius 1 is 0.870 bits per heavy atom. The Morgan fingerprint density at radius 3 is 2.22 bits per heavy atom. The van der Waals surface area contributed by atoms with Gasteiger partial charge in [-0.1, -0.05) is 71.2 Å². The van der Waals surface area contributed by atoms with Gasteiger partial charge in [0.15, 0.2) is 0 Å². The zero-order valence-electron chi connectivity index (χ0n) is 12.3. The van der Waals surface area contributed by atoms with E-state index in [0.29, 0.717) is 20.8 Å². The van der Waals surface area contributed by atoms with Crippen molar-refractivity contribution in [3.8, 4) is 0 Å². The van der Waals surface area contributed by atoms with Crippen LogP contribution in [-0.4, -0.2) is 5.71 Å². The fraction of sp³-hybridized carbons (Fsp3) is 0.0556. The third-order valence-electron chi connectivity index (χ3n) is 3.51. The minimum atomic E-state index is 0.428. The Bertz CT molecular complexity index is 881. The van der Waals surface area contributed by atoms with Crippen molar-refractivity contribution in [3.05, 3.63) is 75.2 Å². The van der Waals surface area contributed by atoms with E-state index in [1.807, 2.05) is 25.1 Å². The van der Waals surface area contributed by atoms with Crippen LogP contribution in [0.3, 0.4) is 0 Å². The molecular weight excluding hydrogens is 351 g/mol. The predicted octanol–water partition coefficient (Wildman–Crippen LogP) is 6.64. The lowest BCUT2D eigenvalue weighted by atomic mass is 10.0. The predicted molar refractivity (Wildman–Crippen MR) is 101 cm³/mol. The molecule has 0 atom stereocenters. The van der Waals surface area contributed by atoms with Crippen LogP contribution in [0.4, 0.5) is 5.69 Å². The van der Waals surface area contributed by atoms with Gasteiger partial charge in [0, 0.05) is 5.02 Å². The van der Waals surface area contributed by atoms with E-state index in [9.17, 15) is 0 Å². The van der Waals surface area contributed by atoms with Crippen molar-refractivity contribution in [3.63, 3.8) is 0 Å². The van der Waals surface area contributed by atoms with Crippen LogP contribution in [0.1, 0.15) is 12.5 Å². The molecule has 2 nitrogen and oxygen atoms in total. The van der Waals surface area contributed by atoms with Gasteiger partial charge in [0.1, 0.15) is 0 Å². The maximum atomic E-state index is 6.14. The highest BCUT2D eigenvalue weighted by atomic mass is 35.5. The van der Waals surface area contributed by atoms with Crippen molar-refractivity contribution < 1.29 is 0 Å². The van der Waals surface area contributed by atoms with Gasteiger partial charge >= 0.3 is 0 Å². The second-order valence-electron chi connectivity index (χ2n) is 5.12. The van der Waals surface area contributed by atoms with Crippen LogP contribution in [0.5, 0.6) is 0 Å². The number of hydrogen-bond acceptors (Lipinski definition) is 2. The molecule has 0 aromatic heterocycles. The first kappa shape index (κ1) is 16.1. The first-order valence-electron chi connectivity index (χ1n) is 6.98. The normalized spacial score (nSPS) is 11.7. The molecule has 0 saturated heterocycles. The van der Waals surface area contributed by atoms with Crippen molar-refractivity contribution in [2.24, 2.45) is 5.10 Å². The topological polar surface area (TPSA) is 24.4 Å². The summed E-state index contributed by atoms with van der Waals surface area (Å²) in [6.07, 6.45) is 0. The summed E-state index contributed by atoms with van der Waals surface area (Å²) in [5, 5.41) is 8.08. The lowest BCUT2D eigenvalue weighted by Gasteiger charge is -2.09. The third kappa shape index (κ3) is 3.61. The summed E-state index contributed by atoms with van der Waals surface area (Å²) < 4.78 is 0. The van der Waals surface area contributed by atoms with Crippen molar-refractivity contribution in [1.82, 2.24) is 0 Å². The number of halogens is 3. The molecule has 0 amide bonds. The summed E-state index contributed by atoms with van der Waals surface area (Å²) in [7, 11) is 0. The van der Waals surface area contributed by atoms with Gasteiger partial charge in [-0.05, 0) is 41.5 Å². The quantitative estimate of drug-likeness (QED) is 0.409. The molecule has 3 aromatic carbocycles. The number of nitrogens with one attached hydrogen (secondary N) is 1. The maximum absolute atomic E-state index is 6.14. The molecule has 5 heteroatoms. The molecule has 0 saturated carbocycles. The van der Waals surface area contributed by atoms with E-state index in [1.165, 1.54) is 10.8 Å². The van der Waals surface area contributed by atoms with Crippen LogP contribution in [0.25, 0.3) is 10.8 Å². The van der Waals surface area contributed by atoms with Crippen LogP contribution >= 0.6 is 34.8 Å². The molecule has 3 aromatic rings. The van der Waals surface area contributed by atoms with Crippen molar-refractivity contribution in [2.45, 2.75) is 6.92 Å². The number of rotatable bonds is 3. The average molecular weight is 364 g/mol. The van der Waals surface area contributed by atoms with E-state index in [-0.39, 0.29) is 0 Å². The van der Waals surface area contributed by atoms with E-state index < -0.39 is 0 Å². The lowest BCUT2D eigenvalue weighted by Crippen LogP contribution is -2.00. The van der Waals surface area contributed by atoms with E-state index in [2.05, 4.69) is 34.8 Å². The van der Waals surface area contributed by atoms with E-state index in [1.54, 1.807) is 12.1 Å². The number of nitrogens with zero attached hydrogens (tertiary/aromatic N) is 1. The van der Waals surface area contributed by atoms with Gasteiger partial charge in [0.25, 0.3) is 0 Å². The molecular formula is C18H13Cl3N2. The highest BCUT2D eigenvalue weighted by Crippen LogP contribution is 2.33. The minimum Gasteiger partial charge on any atom is -0.275 e. The van der Waals surface area contributed by atoms with Gasteiger partial charge in [-0.25, -0.2) is 0 Å². The zero-order valence-corrected chi connectivity index (χ0v) is 14.5. The summed E-state index contributed by atoms with van der Waals surface area (Å²) in [4.78, 5) is 0. The van der Waals surface area contributed by atoms with Crippen LogP contribution in [-0.2, 0) is 0 Å². The summed E-state index contributed by atoms with van der Waals surface area (Å²) in [5.41, 5.74) is 5.32. The van der Waals surface area contributed by atoms with Crippen molar-refractivity contribution in [1.29, 1.82) is 0 Å². The molecule has 0 heterocycles. The Hall–Kier alpha value is -1.74. The van der Waals surface area contributed by atoms with Gasteiger partial charge in [0.2, 0.25) is 0 Å². The minimum absolute atomic E-state index is 0.428. The molecule has 0 aliphatic rings. The molecule has 0 unspecified atom stereocenters. The Morgan fingerprint density at radius 2 is 1.52 bits per heavy atom. The summed E-state index contributed by atoms with van der Waals surface area (Å²) in [6, 6.07) is 17.7. The molecule has 0 spiro atoms. The van der Waals surface area contributed by atoms with Gasteiger partial charge in [-0.15, -0.1) is 0 Å². The van der Waals surface area contributed by atoms with E-state index in [4.69, 9.17) is 34.8 Å². The van der Waals surface area contributed by atoms with Gasteiger partial charge in [-0.2, -0.15) is 5.10 Å². The number of benzene rings is 3.